The second kappa shape index (κ2) is 8.74. The Morgan fingerprint density at radius 2 is 1.94 bits per heavy atom. The second-order valence-electron chi connectivity index (χ2n) is 5.34. The van der Waals surface area contributed by atoms with Crippen molar-refractivity contribution >= 4 is 6.08 Å². The molecule has 0 aliphatic heterocycles. The molecule has 0 amide bonds. The highest BCUT2D eigenvalue weighted by Crippen LogP contribution is 2.16. The van der Waals surface area contributed by atoms with Crippen LogP contribution in [0.1, 0.15) is 51.5 Å². The van der Waals surface area contributed by atoms with Gasteiger partial charge in [0.05, 0.1) is 0 Å². The minimum Gasteiger partial charge on any atom is -0.100 e. The Bertz CT molecular complexity index is 359. The zero-order valence-corrected chi connectivity index (χ0v) is 11.9. The lowest BCUT2D eigenvalue weighted by atomic mass is 9.97. The Morgan fingerprint density at radius 3 is 2.61 bits per heavy atom. The summed E-state index contributed by atoms with van der Waals surface area (Å²) in [4.78, 5) is 0. The maximum absolute atomic E-state index is 3.95. The van der Waals surface area contributed by atoms with E-state index in [1.54, 1.807) is 0 Å². The van der Waals surface area contributed by atoms with Crippen LogP contribution in [-0.4, -0.2) is 0 Å². The molecular weight excluding hydrogens is 216 g/mol. The normalized spacial score (nSPS) is 12.8. The molecule has 1 atom stereocenters. The van der Waals surface area contributed by atoms with Crippen molar-refractivity contribution in [2.45, 2.75) is 46.0 Å². The Hall–Kier alpha value is -1.30. The van der Waals surface area contributed by atoms with Gasteiger partial charge in [-0.1, -0.05) is 61.4 Å². The van der Waals surface area contributed by atoms with Crippen LogP contribution in [0.5, 0.6) is 0 Å². The number of allylic oxidation sites excluding steroid dienone is 2. The predicted octanol–water partition coefficient (Wildman–Crippen LogP) is 5.86. The minimum absolute atomic E-state index is 0.824. The van der Waals surface area contributed by atoms with Gasteiger partial charge in [-0.3, -0.25) is 0 Å². The zero-order valence-electron chi connectivity index (χ0n) is 11.9. The quantitative estimate of drug-likeness (QED) is 0.501. The van der Waals surface area contributed by atoms with E-state index < -0.39 is 0 Å². The smallest absolute Gasteiger partial charge is 0.0260 e. The van der Waals surface area contributed by atoms with E-state index in [0.717, 1.165) is 5.92 Å². The van der Waals surface area contributed by atoms with Crippen LogP contribution in [0.4, 0.5) is 0 Å². The lowest BCUT2D eigenvalue weighted by molar-refractivity contribution is 0.479. The molecule has 0 aliphatic carbocycles. The number of hydrogen-bond acceptors (Lipinski definition) is 0. The zero-order chi connectivity index (χ0) is 13.2. The van der Waals surface area contributed by atoms with Crippen LogP contribution >= 0.6 is 0 Å². The molecule has 0 bridgehead atoms. The molecule has 18 heavy (non-hydrogen) atoms. The van der Waals surface area contributed by atoms with Crippen molar-refractivity contribution in [3.8, 4) is 0 Å². The summed E-state index contributed by atoms with van der Waals surface area (Å²) in [5.41, 5.74) is 2.61. The van der Waals surface area contributed by atoms with E-state index in [1.807, 2.05) is 0 Å². The molecule has 0 radical (unpaired) electrons. The second-order valence-corrected chi connectivity index (χ2v) is 5.34. The third kappa shape index (κ3) is 7.11. The summed E-state index contributed by atoms with van der Waals surface area (Å²) in [7, 11) is 0. The van der Waals surface area contributed by atoms with Crippen LogP contribution in [0.25, 0.3) is 6.08 Å². The van der Waals surface area contributed by atoms with Crippen LogP contribution < -0.4 is 0 Å². The largest absolute Gasteiger partial charge is 0.100 e. The fraction of sp³-hybridized carbons (Fsp3) is 0.444. The molecule has 1 aromatic rings. The Labute approximate surface area is 112 Å². The molecule has 0 heteroatoms. The predicted molar refractivity (Wildman–Crippen MR) is 82.5 cm³/mol. The van der Waals surface area contributed by atoms with Gasteiger partial charge in [-0.15, -0.1) is 6.58 Å². The standard InChI is InChI=1S/C18H26/c1-16(2)10-9-12-17(3)11-7-8-15-18-13-5-4-6-14-18/h4-6,8,13-15,17H,1,7,9-12H2,2-3H3/b15-8-/t17-/m1/s1. The minimum atomic E-state index is 0.824. The molecule has 0 aliphatic rings. The van der Waals surface area contributed by atoms with E-state index in [-0.39, 0.29) is 0 Å². The Morgan fingerprint density at radius 1 is 1.22 bits per heavy atom. The molecular formula is C18H26. The fourth-order valence-electron chi connectivity index (χ4n) is 2.06. The van der Waals surface area contributed by atoms with Gasteiger partial charge >= 0.3 is 0 Å². The molecule has 1 aromatic carbocycles. The van der Waals surface area contributed by atoms with Crippen molar-refractivity contribution in [3.05, 3.63) is 54.1 Å². The molecule has 98 valence electrons. The maximum atomic E-state index is 3.95. The van der Waals surface area contributed by atoms with Crippen LogP contribution in [0.3, 0.4) is 0 Å². The van der Waals surface area contributed by atoms with Gasteiger partial charge in [-0.25, -0.2) is 0 Å². The maximum Gasteiger partial charge on any atom is -0.0260 e. The van der Waals surface area contributed by atoms with E-state index >= 15 is 0 Å². The SMILES string of the molecule is C=C(C)CCC[C@H](C)CC/C=C\c1ccccc1. The van der Waals surface area contributed by atoms with Gasteiger partial charge in [0, 0.05) is 0 Å². The third-order valence-corrected chi connectivity index (χ3v) is 3.24. The molecule has 1 rings (SSSR count). The third-order valence-electron chi connectivity index (χ3n) is 3.24. The van der Waals surface area contributed by atoms with E-state index in [1.165, 1.54) is 43.2 Å². The Balaban J connectivity index is 2.13. The molecule has 0 saturated carbocycles. The molecule has 0 nitrogen and oxygen atoms in total. The summed E-state index contributed by atoms with van der Waals surface area (Å²) < 4.78 is 0. The molecule has 0 unspecified atom stereocenters. The first-order chi connectivity index (χ1) is 8.68. The number of rotatable bonds is 8. The molecule has 0 aromatic heterocycles. The van der Waals surface area contributed by atoms with Crippen molar-refractivity contribution in [3.63, 3.8) is 0 Å². The molecule has 0 saturated heterocycles. The lowest BCUT2D eigenvalue weighted by Gasteiger charge is -2.09. The first-order valence-corrected chi connectivity index (χ1v) is 7.04. The highest BCUT2D eigenvalue weighted by Gasteiger charge is 2.00. The average Bonchev–Trinajstić information content (AvgIpc) is 2.35. The van der Waals surface area contributed by atoms with Gasteiger partial charge in [0.1, 0.15) is 0 Å². The summed E-state index contributed by atoms with van der Waals surface area (Å²) in [5, 5.41) is 0. The summed E-state index contributed by atoms with van der Waals surface area (Å²) in [6.45, 7) is 8.42. The lowest BCUT2D eigenvalue weighted by Crippen LogP contribution is -1.94. The summed E-state index contributed by atoms with van der Waals surface area (Å²) in [6, 6.07) is 10.5. The van der Waals surface area contributed by atoms with E-state index in [0.29, 0.717) is 0 Å². The topological polar surface area (TPSA) is 0 Å². The van der Waals surface area contributed by atoms with Crippen molar-refractivity contribution in [1.82, 2.24) is 0 Å². The highest BCUT2D eigenvalue weighted by atomic mass is 14.1. The number of hydrogen-bond donors (Lipinski definition) is 0. The van der Waals surface area contributed by atoms with E-state index in [2.05, 4.69) is 62.9 Å². The van der Waals surface area contributed by atoms with E-state index in [9.17, 15) is 0 Å². The van der Waals surface area contributed by atoms with Gasteiger partial charge in [-0.05, 0) is 44.1 Å². The van der Waals surface area contributed by atoms with Crippen molar-refractivity contribution in [1.29, 1.82) is 0 Å². The first kappa shape index (κ1) is 14.8. The Kier molecular flexibility index (Phi) is 7.17. The van der Waals surface area contributed by atoms with Gasteiger partial charge in [0.25, 0.3) is 0 Å². The van der Waals surface area contributed by atoms with Crippen molar-refractivity contribution < 1.29 is 0 Å². The van der Waals surface area contributed by atoms with Gasteiger partial charge in [-0.2, -0.15) is 0 Å². The van der Waals surface area contributed by atoms with Gasteiger partial charge < -0.3 is 0 Å². The monoisotopic (exact) mass is 242 g/mol. The fourth-order valence-corrected chi connectivity index (χ4v) is 2.06. The van der Waals surface area contributed by atoms with Crippen LogP contribution in [0.2, 0.25) is 0 Å². The summed E-state index contributed by atoms with van der Waals surface area (Å²) in [5.74, 6) is 0.824. The van der Waals surface area contributed by atoms with Crippen LogP contribution in [0.15, 0.2) is 48.6 Å². The number of benzene rings is 1. The van der Waals surface area contributed by atoms with Crippen LogP contribution in [-0.2, 0) is 0 Å². The average molecular weight is 242 g/mol. The molecule has 0 heterocycles. The molecule has 0 N–H and O–H groups in total. The van der Waals surface area contributed by atoms with Gasteiger partial charge in [0.15, 0.2) is 0 Å². The first-order valence-electron chi connectivity index (χ1n) is 7.04. The van der Waals surface area contributed by atoms with E-state index in [4.69, 9.17) is 0 Å². The molecule has 0 spiro atoms. The molecule has 0 fully saturated rings. The van der Waals surface area contributed by atoms with Crippen molar-refractivity contribution in [2.24, 2.45) is 5.92 Å². The summed E-state index contributed by atoms with van der Waals surface area (Å²) in [6.07, 6.45) is 10.8. The highest BCUT2D eigenvalue weighted by molar-refractivity contribution is 5.48. The van der Waals surface area contributed by atoms with Crippen LogP contribution in [0, 0.1) is 5.92 Å². The summed E-state index contributed by atoms with van der Waals surface area (Å²) >= 11 is 0. The van der Waals surface area contributed by atoms with Crippen molar-refractivity contribution in [2.75, 3.05) is 0 Å². The van der Waals surface area contributed by atoms with Gasteiger partial charge in [0.2, 0.25) is 0 Å².